The number of anilines is 1. The summed E-state index contributed by atoms with van der Waals surface area (Å²) in [6.45, 7) is -0.303. The molecule has 0 aliphatic rings. The van der Waals surface area contributed by atoms with E-state index in [1.165, 1.54) is 12.1 Å². The van der Waals surface area contributed by atoms with E-state index in [1.807, 2.05) is 12.1 Å². The van der Waals surface area contributed by atoms with E-state index in [4.69, 9.17) is 22.1 Å². The molecule has 1 heterocycles. The van der Waals surface area contributed by atoms with Crippen molar-refractivity contribution in [2.75, 3.05) is 25.5 Å². The molecule has 1 amide bonds. The largest absolute Gasteiger partial charge is 0.373 e. The molecule has 0 radical (unpaired) electrons. The van der Waals surface area contributed by atoms with Gasteiger partial charge in [0.2, 0.25) is 0 Å². The van der Waals surface area contributed by atoms with Gasteiger partial charge in [0.15, 0.2) is 0 Å². The normalized spacial score (nSPS) is 9.11. The highest BCUT2D eigenvalue weighted by Gasteiger charge is 2.16. The van der Waals surface area contributed by atoms with Crippen molar-refractivity contribution in [3.63, 3.8) is 0 Å². The van der Waals surface area contributed by atoms with Crippen LogP contribution in [0.2, 0.25) is 5.15 Å². The van der Waals surface area contributed by atoms with Crippen LogP contribution >= 0.6 is 11.6 Å². The first kappa shape index (κ1) is 13.8. The second-order valence-corrected chi connectivity index (χ2v) is 3.68. The third-order valence-corrected chi connectivity index (χ3v) is 2.30. The Morgan fingerprint density at radius 3 is 2.56 bits per heavy atom. The average Bonchev–Trinajstić information content (AvgIpc) is 2.36. The summed E-state index contributed by atoms with van der Waals surface area (Å²) in [4.78, 5) is 17.1. The summed E-state index contributed by atoms with van der Waals surface area (Å²) in [7, 11) is 1.65. The van der Waals surface area contributed by atoms with Crippen molar-refractivity contribution in [2.24, 2.45) is 0 Å². The first-order chi connectivity index (χ1) is 8.62. The number of halogens is 1. The number of carbonyl (C=O) groups is 1. The number of nitriles is 2. The van der Waals surface area contributed by atoms with Gasteiger partial charge in [0.25, 0.3) is 5.91 Å². The summed E-state index contributed by atoms with van der Waals surface area (Å²) >= 11 is 5.78. The predicted molar refractivity (Wildman–Crippen MR) is 65.9 cm³/mol. The van der Waals surface area contributed by atoms with Crippen LogP contribution in [0.25, 0.3) is 0 Å². The molecule has 6 nitrogen and oxygen atoms in total. The minimum atomic E-state index is -0.432. The minimum Gasteiger partial charge on any atom is -0.373 e. The number of nitrogens with zero attached hydrogens (tertiary/aromatic N) is 4. The molecule has 0 aliphatic heterocycles. The van der Waals surface area contributed by atoms with Crippen LogP contribution in [0.4, 0.5) is 5.82 Å². The fraction of sp³-hybridized carbons (Fsp3) is 0.273. The van der Waals surface area contributed by atoms with Crippen molar-refractivity contribution >= 4 is 23.3 Å². The Balaban J connectivity index is 3.05. The molecule has 0 unspecified atom stereocenters. The summed E-state index contributed by atoms with van der Waals surface area (Å²) in [6.07, 6.45) is 0. The second-order valence-electron chi connectivity index (χ2n) is 3.29. The Labute approximate surface area is 109 Å². The predicted octanol–water partition coefficient (Wildman–Crippen LogP) is 1.27. The van der Waals surface area contributed by atoms with Gasteiger partial charge in [-0.3, -0.25) is 4.79 Å². The SMILES string of the molecule is CNc1cc(C(=O)N(CC#N)CC#N)cc(Cl)n1. The van der Waals surface area contributed by atoms with Crippen LogP contribution in [0.5, 0.6) is 0 Å². The van der Waals surface area contributed by atoms with Crippen LogP contribution in [0.15, 0.2) is 12.1 Å². The van der Waals surface area contributed by atoms with E-state index in [9.17, 15) is 4.79 Å². The zero-order chi connectivity index (χ0) is 13.5. The molecule has 92 valence electrons. The molecule has 1 aromatic heterocycles. The summed E-state index contributed by atoms with van der Waals surface area (Å²) in [6, 6.07) is 6.58. The minimum absolute atomic E-state index is 0.152. The number of pyridine rings is 1. The van der Waals surface area contributed by atoms with Gasteiger partial charge in [0.1, 0.15) is 24.1 Å². The quantitative estimate of drug-likeness (QED) is 0.652. The van der Waals surface area contributed by atoms with Crippen molar-refractivity contribution in [1.82, 2.24) is 9.88 Å². The van der Waals surface area contributed by atoms with Crippen molar-refractivity contribution in [3.05, 3.63) is 22.8 Å². The highest BCUT2D eigenvalue weighted by molar-refractivity contribution is 6.29. The molecule has 0 saturated heterocycles. The Hall–Kier alpha value is -2.31. The Bertz CT molecular complexity index is 515. The standard InChI is InChI=1S/C11H10ClN5O/c1-15-10-7-8(6-9(12)16-10)11(18)17(4-2-13)5-3-14/h6-7H,4-5H2,1H3,(H,15,16). The molecule has 1 N–H and O–H groups in total. The highest BCUT2D eigenvalue weighted by Crippen LogP contribution is 2.15. The lowest BCUT2D eigenvalue weighted by atomic mass is 10.2. The smallest absolute Gasteiger partial charge is 0.255 e. The highest BCUT2D eigenvalue weighted by atomic mass is 35.5. The van der Waals surface area contributed by atoms with Gasteiger partial charge in [-0.2, -0.15) is 10.5 Å². The fourth-order valence-electron chi connectivity index (χ4n) is 1.30. The number of hydrogen-bond donors (Lipinski definition) is 1. The van der Waals surface area contributed by atoms with Crippen molar-refractivity contribution in [2.45, 2.75) is 0 Å². The number of rotatable bonds is 4. The number of nitrogens with one attached hydrogen (secondary N) is 1. The maximum Gasteiger partial charge on any atom is 0.255 e. The monoisotopic (exact) mass is 263 g/mol. The molecule has 0 aliphatic carbocycles. The first-order valence-corrected chi connectivity index (χ1v) is 5.38. The van der Waals surface area contributed by atoms with Gasteiger partial charge >= 0.3 is 0 Å². The van der Waals surface area contributed by atoms with E-state index in [0.29, 0.717) is 5.82 Å². The molecular weight excluding hydrogens is 254 g/mol. The number of carbonyl (C=O) groups excluding carboxylic acids is 1. The van der Waals surface area contributed by atoms with Crippen LogP contribution in [0.1, 0.15) is 10.4 Å². The number of aromatic nitrogens is 1. The zero-order valence-corrected chi connectivity index (χ0v) is 10.4. The molecule has 0 atom stereocenters. The van der Waals surface area contributed by atoms with Crippen LogP contribution < -0.4 is 5.32 Å². The van der Waals surface area contributed by atoms with E-state index < -0.39 is 5.91 Å². The Morgan fingerprint density at radius 2 is 2.06 bits per heavy atom. The third kappa shape index (κ3) is 3.34. The number of hydrogen-bond acceptors (Lipinski definition) is 5. The maximum atomic E-state index is 12.1. The molecule has 0 spiro atoms. The lowest BCUT2D eigenvalue weighted by molar-refractivity contribution is 0.0794. The van der Waals surface area contributed by atoms with E-state index in [0.717, 1.165) is 4.90 Å². The van der Waals surface area contributed by atoms with Gasteiger partial charge in [0.05, 0.1) is 12.1 Å². The van der Waals surface area contributed by atoms with Crippen molar-refractivity contribution in [1.29, 1.82) is 10.5 Å². The molecule has 18 heavy (non-hydrogen) atoms. The van der Waals surface area contributed by atoms with E-state index in [2.05, 4.69) is 10.3 Å². The van der Waals surface area contributed by atoms with Crippen molar-refractivity contribution < 1.29 is 4.79 Å². The van der Waals surface area contributed by atoms with E-state index >= 15 is 0 Å². The topological polar surface area (TPSA) is 92.8 Å². The molecule has 7 heteroatoms. The van der Waals surface area contributed by atoms with E-state index in [1.54, 1.807) is 7.05 Å². The van der Waals surface area contributed by atoms with Gasteiger partial charge in [-0.05, 0) is 12.1 Å². The Morgan fingerprint density at radius 1 is 1.44 bits per heavy atom. The summed E-state index contributed by atoms with van der Waals surface area (Å²) in [5.74, 6) is 0.0126. The van der Waals surface area contributed by atoms with Crippen LogP contribution in [0, 0.1) is 22.7 Å². The van der Waals surface area contributed by atoms with E-state index in [-0.39, 0.29) is 23.8 Å². The second kappa shape index (κ2) is 6.43. The van der Waals surface area contributed by atoms with Crippen LogP contribution in [-0.4, -0.2) is 35.9 Å². The average molecular weight is 264 g/mol. The zero-order valence-electron chi connectivity index (χ0n) is 9.64. The molecule has 0 saturated carbocycles. The van der Waals surface area contributed by atoms with Crippen molar-refractivity contribution in [3.8, 4) is 12.1 Å². The Kier molecular flexibility index (Phi) is 4.91. The van der Waals surface area contributed by atoms with Gasteiger partial charge in [-0.25, -0.2) is 4.98 Å². The molecule has 0 bridgehead atoms. The fourth-order valence-corrected chi connectivity index (χ4v) is 1.51. The molecular formula is C11H10ClN5O. The van der Waals surface area contributed by atoms with Gasteiger partial charge in [0, 0.05) is 12.6 Å². The summed E-state index contributed by atoms with van der Waals surface area (Å²) in [5, 5.41) is 20.2. The summed E-state index contributed by atoms with van der Waals surface area (Å²) in [5.41, 5.74) is 0.282. The molecule has 0 fully saturated rings. The first-order valence-electron chi connectivity index (χ1n) is 5.01. The third-order valence-electron chi connectivity index (χ3n) is 2.11. The molecule has 0 aromatic carbocycles. The van der Waals surface area contributed by atoms with Gasteiger partial charge < -0.3 is 10.2 Å². The summed E-state index contributed by atoms with van der Waals surface area (Å²) < 4.78 is 0. The van der Waals surface area contributed by atoms with Crippen LogP contribution in [-0.2, 0) is 0 Å². The number of amides is 1. The molecule has 1 rings (SSSR count). The lowest BCUT2D eigenvalue weighted by Gasteiger charge is -2.16. The molecule has 1 aromatic rings. The van der Waals surface area contributed by atoms with Gasteiger partial charge in [-0.15, -0.1) is 0 Å². The lowest BCUT2D eigenvalue weighted by Crippen LogP contribution is -2.31. The van der Waals surface area contributed by atoms with Gasteiger partial charge in [-0.1, -0.05) is 11.6 Å². The van der Waals surface area contributed by atoms with Crippen LogP contribution in [0.3, 0.4) is 0 Å². The maximum absolute atomic E-state index is 12.1.